The van der Waals surface area contributed by atoms with E-state index in [0.717, 1.165) is 17.8 Å². The van der Waals surface area contributed by atoms with Crippen LogP contribution in [0.2, 0.25) is 10.0 Å². The quantitative estimate of drug-likeness (QED) is 0.459. The Morgan fingerprint density at radius 1 is 1.23 bits per heavy atom. The molecule has 1 unspecified atom stereocenters. The van der Waals surface area contributed by atoms with Crippen molar-refractivity contribution in [3.05, 3.63) is 56.9 Å². The molecule has 1 N–H and O–H groups in total. The Kier molecular flexibility index (Phi) is 8.54. The van der Waals surface area contributed by atoms with E-state index in [1.54, 1.807) is 25.1 Å². The third-order valence-electron chi connectivity index (χ3n) is 4.84. The molecule has 3 rings (SSSR count). The van der Waals surface area contributed by atoms with E-state index < -0.39 is 5.97 Å². The van der Waals surface area contributed by atoms with E-state index in [0.29, 0.717) is 34.4 Å². The smallest absolute Gasteiger partial charge is 0.341 e. The van der Waals surface area contributed by atoms with Crippen molar-refractivity contribution in [3.8, 4) is 5.75 Å². The van der Waals surface area contributed by atoms with E-state index in [-0.39, 0.29) is 29.1 Å². The normalized spacial score (nSPS) is 16.3. The van der Waals surface area contributed by atoms with Crippen molar-refractivity contribution in [3.63, 3.8) is 0 Å². The van der Waals surface area contributed by atoms with Crippen molar-refractivity contribution in [1.29, 1.82) is 0 Å². The fourth-order valence-electron chi connectivity index (χ4n) is 3.49. The van der Waals surface area contributed by atoms with Crippen LogP contribution in [-0.4, -0.2) is 41.6 Å². The molecule has 0 saturated heterocycles. The van der Waals surface area contributed by atoms with E-state index in [1.807, 2.05) is 27.9 Å². The standard InChI is InChI=1S/C21H24Cl2N4O3.ClH/c1-11-17(20-25-13(3)26-30-20)14(9-10-27(4)5)18(12(2)24-11)21(28)29-16-8-6-7-15(22)19(16)23;/h6-8,14,24H,9-10H2,1-5H3;1H. The van der Waals surface area contributed by atoms with E-state index in [2.05, 4.69) is 20.4 Å². The van der Waals surface area contributed by atoms with Gasteiger partial charge in [0.05, 0.1) is 10.6 Å². The number of rotatable bonds is 6. The number of carbonyl (C=O) groups is 1. The minimum atomic E-state index is -0.505. The van der Waals surface area contributed by atoms with Gasteiger partial charge in [0.2, 0.25) is 0 Å². The van der Waals surface area contributed by atoms with Crippen LogP contribution in [0.25, 0.3) is 5.57 Å². The number of nitrogens with zero attached hydrogens (tertiary/aromatic N) is 3. The molecule has 1 aliphatic heterocycles. The summed E-state index contributed by atoms with van der Waals surface area (Å²) in [6.45, 7) is 6.27. The van der Waals surface area contributed by atoms with E-state index in [9.17, 15) is 4.79 Å². The average molecular weight is 488 g/mol. The fourth-order valence-corrected chi connectivity index (χ4v) is 3.82. The van der Waals surface area contributed by atoms with Crippen molar-refractivity contribution in [1.82, 2.24) is 20.4 Å². The third-order valence-corrected chi connectivity index (χ3v) is 5.64. The molecule has 1 atom stereocenters. The predicted octanol–water partition coefficient (Wildman–Crippen LogP) is 4.89. The van der Waals surface area contributed by atoms with Crippen molar-refractivity contribution < 1.29 is 14.1 Å². The number of dihydropyridines is 1. The van der Waals surface area contributed by atoms with Crippen LogP contribution in [0.1, 0.15) is 32.0 Å². The maximum atomic E-state index is 13.3. The first kappa shape index (κ1) is 25.2. The minimum Gasteiger partial charge on any atom is -0.421 e. The molecule has 10 heteroatoms. The average Bonchev–Trinajstić information content (AvgIpc) is 3.09. The summed E-state index contributed by atoms with van der Waals surface area (Å²) >= 11 is 12.3. The maximum absolute atomic E-state index is 13.3. The molecule has 0 aliphatic carbocycles. The predicted molar refractivity (Wildman–Crippen MR) is 123 cm³/mol. The molecule has 7 nitrogen and oxygen atoms in total. The number of halogens is 3. The molecular formula is C21H25Cl3N4O3. The Labute approximate surface area is 197 Å². The first-order valence-corrected chi connectivity index (χ1v) is 10.2. The highest BCUT2D eigenvalue weighted by molar-refractivity contribution is 6.43. The Morgan fingerprint density at radius 2 is 1.94 bits per heavy atom. The van der Waals surface area contributed by atoms with Gasteiger partial charge >= 0.3 is 5.97 Å². The number of aromatic nitrogens is 2. The lowest BCUT2D eigenvalue weighted by Crippen LogP contribution is -2.32. The molecule has 1 aromatic heterocycles. The van der Waals surface area contributed by atoms with Gasteiger partial charge in [0.15, 0.2) is 11.6 Å². The molecule has 0 radical (unpaired) electrons. The Bertz CT molecular complexity index is 1030. The summed E-state index contributed by atoms with van der Waals surface area (Å²) < 4.78 is 11.1. The summed E-state index contributed by atoms with van der Waals surface area (Å²) in [5, 5.41) is 7.68. The van der Waals surface area contributed by atoms with Crippen LogP contribution >= 0.6 is 35.6 Å². The van der Waals surface area contributed by atoms with Gasteiger partial charge < -0.3 is 19.5 Å². The van der Waals surface area contributed by atoms with Gasteiger partial charge in [0.1, 0.15) is 5.02 Å². The molecule has 0 spiro atoms. The topological polar surface area (TPSA) is 80.5 Å². The largest absolute Gasteiger partial charge is 0.421 e. The maximum Gasteiger partial charge on any atom is 0.341 e. The van der Waals surface area contributed by atoms with Crippen LogP contribution in [0.15, 0.2) is 39.7 Å². The van der Waals surface area contributed by atoms with Gasteiger partial charge in [-0.1, -0.05) is 34.4 Å². The summed E-state index contributed by atoms with van der Waals surface area (Å²) in [6, 6.07) is 4.92. The molecule has 0 bridgehead atoms. The van der Waals surface area contributed by atoms with Crippen LogP contribution in [-0.2, 0) is 4.79 Å². The second-order valence-electron chi connectivity index (χ2n) is 7.44. The summed E-state index contributed by atoms with van der Waals surface area (Å²) in [6.07, 6.45) is 0.661. The second-order valence-corrected chi connectivity index (χ2v) is 8.22. The number of hydrogen-bond acceptors (Lipinski definition) is 7. The van der Waals surface area contributed by atoms with Gasteiger partial charge in [-0.15, -0.1) is 12.4 Å². The van der Waals surface area contributed by atoms with Gasteiger partial charge in [-0.05, 0) is 60.0 Å². The molecule has 2 heterocycles. The molecule has 168 valence electrons. The van der Waals surface area contributed by atoms with E-state index in [1.165, 1.54) is 0 Å². The molecule has 31 heavy (non-hydrogen) atoms. The fraction of sp³-hybridized carbons (Fsp3) is 0.381. The number of nitrogens with one attached hydrogen (secondary N) is 1. The van der Waals surface area contributed by atoms with Gasteiger partial charge in [0, 0.05) is 22.9 Å². The van der Waals surface area contributed by atoms with Gasteiger partial charge in [-0.3, -0.25) is 0 Å². The van der Waals surface area contributed by atoms with Crippen LogP contribution in [0.5, 0.6) is 5.75 Å². The summed E-state index contributed by atoms with van der Waals surface area (Å²) in [7, 11) is 3.96. The molecule has 1 aromatic carbocycles. The monoisotopic (exact) mass is 486 g/mol. The number of ether oxygens (including phenoxy) is 1. The first-order chi connectivity index (χ1) is 14.2. The second kappa shape index (κ2) is 10.5. The highest BCUT2D eigenvalue weighted by Crippen LogP contribution is 2.39. The van der Waals surface area contributed by atoms with Crippen LogP contribution in [0, 0.1) is 12.8 Å². The molecular weight excluding hydrogens is 463 g/mol. The summed E-state index contributed by atoms with van der Waals surface area (Å²) in [5.41, 5.74) is 2.84. The van der Waals surface area contributed by atoms with Crippen molar-refractivity contribution >= 4 is 47.2 Å². The zero-order chi connectivity index (χ0) is 22.0. The molecule has 1 aliphatic rings. The highest BCUT2D eigenvalue weighted by atomic mass is 35.5. The molecule has 0 fully saturated rings. The summed E-state index contributed by atoms with van der Waals surface area (Å²) in [4.78, 5) is 19.7. The van der Waals surface area contributed by atoms with Crippen LogP contribution in [0.3, 0.4) is 0 Å². The van der Waals surface area contributed by atoms with E-state index in [4.69, 9.17) is 32.5 Å². The number of allylic oxidation sites excluding steroid dienone is 3. The zero-order valence-electron chi connectivity index (χ0n) is 18.0. The Balaban J connectivity index is 0.00000341. The third kappa shape index (κ3) is 5.60. The van der Waals surface area contributed by atoms with Gasteiger partial charge in [-0.25, -0.2) is 4.79 Å². The van der Waals surface area contributed by atoms with Crippen LogP contribution in [0.4, 0.5) is 0 Å². The van der Waals surface area contributed by atoms with Crippen molar-refractivity contribution in [2.75, 3.05) is 20.6 Å². The lowest BCUT2D eigenvalue weighted by Gasteiger charge is -2.30. The molecule has 0 saturated carbocycles. The lowest BCUT2D eigenvalue weighted by atomic mass is 9.83. The molecule has 2 aromatic rings. The number of benzene rings is 1. The Morgan fingerprint density at radius 3 is 2.55 bits per heavy atom. The van der Waals surface area contributed by atoms with Gasteiger partial charge in [-0.2, -0.15) is 4.98 Å². The SMILES string of the molecule is CC1=C(C(=O)Oc2cccc(Cl)c2Cl)C(CCN(C)C)C(c2nc(C)no2)=C(C)N1.Cl. The van der Waals surface area contributed by atoms with Crippen LogP contribution < -0.4 is 10.1 Å². The lowest BCUT2D eigenvalue weighted by molar-refractivity contribution is -0.130. The Hall–Kier alpha value is -2.06. The minimum absolute atomic E-state index is 0. The molecule has 0 amide bonds. The number of hydrogen-bond donors (Lipinski definition) is 1. The van der Waals surface area contributed by atoms with E-state index >= 15 is 0 Å². The number of esters is 1. The zero-order valence-corrected chi connectivity index (χ0v) is 20.3. The highest BCUT2D eigenvalue weighted by Gasteiger charge is 2.36. The first-order valence-electron chi connectivity index (χ1n) is 9.49. The van der Waals surface area contributed by atoms with Gasteiger partial charge in [0.25, 0.3) is 5.89 Å². The van der Waals surface area contributed by atoms with Crippen molar-refractivity contribution in [2.45, 2.75) is 27.2 Å². The van der Waals surface area contributed by atoms with Crippen molar-refractivity contribution in [2.24, 2.45) is 5.92 Å². The number of aryl methyl sites for hydroxylation is 1. The summed E-state index contributed by atoms with van der Waals surface area (Å²) in [5.74, 6) is 0.327. The number of carbonyl (C=O) groups excluding carboxylic acids is 1.